The molecular weight excluding hydrogens is 252 g/mol. The van der Waals surface area contributed by atoms with Crippen molar-refractivity contribution < 1.29 is 9.47 Å². The zero-order valence-corrected chi connectivity index (χ0v) is 11.5. The lowest BCUT2D eigenvalue weighted by Crippen LogP contribution is -1.97. The number of benzene rings is 1. The molecule has 0 amide bonds. The van der Waals surface area contributed by atoms with E-state index in [1.807, 2.05) is 60.1 Å². The van der Waals surface area contributed by atoms with Crippen LogP contribution in [0.3, 0.4) is 0 Å². The van der Waals surface area contributed by atoms with E-state index in [4.69, 9.17) is 9.47 Å². The highest BCUT2D eigenvalue weighted by Gasteiger charge is 2.05. The number of pyridine rings is 1. The van der Waals surface area contributed by atoms with Crippen molar-refractivity contribution in [3.63, 3.8) is 0 Å². The van der Waals surface area contributed by atoms with Crippen LogP contribution in [0.25, 0.3) is 5.65 Å². The van der Waals surface area contributed by atoms with Crippen LogP contribution in [0.4, 0.5) is 0 Å². The molecule has 3 rings (SSSR count). The zero-order chi connectivity index (χ0) is 13.9. The molecule has 0 bridgehead atoms. The summed E-state index contributed by atoms with van der Waals surface area (Å²) in [5, 5.41) is 0. The molecular formula is C16H16N2O2. The maximum absolute atomic E-state index is 5.87. The number of aromatic nitrogens is 2. The lowest BCUT2D eigenvalue weighted by Gasteiger charge is -2.08. The molecule has 20 heavy (non-hydrogen) atoms. The van der Waals surface area contributed by atoms with Crippen molar-refractivity contribution in [2.75, 3.05) is 7.11 Å². The van der Waals surface area contributed by atoms with Gasteiger partial charge in [-0.25, -0.2) is 4.98 Å². The van der Waals surface area contributed by atoms with Gasteiger partial charge < -0.3 is 13.9 Å². The molecule has 0 radical (unpaired) electrons. The molecule has 102 valence electrons. The fourth-order valence-corrected chi connectivity index (χ4v) is 2.11. The fraction of sp³-hybridized carbons (Fsp3) is 0.188. The van der Waals surface area contributed by atoms with Gasteiger partial charge >= 0.3 is 0 Å². The second-order valence-electron chi connectivity index (χ2n) is 4.62. The molecule has 2 heterocycles. The fourth-order valence-electron chi connectivity index (χ4n) is 2.11. The largest absolute Gasteiger partial charge is 0.497 e. The summed E-state index contributed by atoms with van der Waals surface area (Å²) in [5.74, 6) is 1.64. The van der Waals surface area contributed by atoms with E-state index in [-0.39, 0.29) is 0 Å². The highest BCUT2D eigenvalue weighted by Crippen LogP contribution is 2.20. The molecule has 0 saturated carbocycles. The molecule has 0 aliphatic carbocycles. The molecule has 2 aromatic heterocycles. The quantitative estimate of drug-likeness (QED) is 0.728. The topological polar surface area (TPSA) is 35.8 Å². The Kier molecular flexibility index (Phi) is 3.29. The maximum atomic E-state index is 5.87. The van der Waals surface area contributed by atoms with Crippen LogP contribution in [0.1, 0.15) is 11.3 Å². The maximum Gasteiger partial charge on any atom is 0.179 e. The first-order chi connectivity index (χ1) is 9.76. The van der Waals surface area contributed by atoms with Gasteiger partial charge in [-0.3, -0.25) is 0 Å². The van der Waals surface area contributed by atoms with Gasteiger partial charge in [0.1, 0.15) is 12.4 Å². The third-order valence-corrected chi connectivity index (χ3v) is 3.12. The molecule has 0 aliphatic heterocycles. The highest BCUT2D eigenvalue weighted by atomic mass is 16.5. The van der Waals surface area contributed by atoms with Crippen molar-refractivity contribution >= 4 is 5.65 Å². The Balaban J connectivity index is 1.79. The van der Waals surface area contributed by atoms with Gasteiger partial charge in [0.15, 0.2) is 11.4 Å². The summed E-state index contributed by atoms with van der Waals surface area (Å²) in [6.07, 6.45) is 3.95. The van der Waals surface area contributed by atoms with Crippen molar-refractivity contribution in [3.8, 4) is 11.5 Å². The van der Waals surface area contributed by atoms with Crippen molar-refractivity contribution in [2.24, 2.45) is 0 Å². The lowest BCUT2D eigenvalue weighted by molar-refractivity contribution is 0.308. The van der Waals surface area contributed by atoms with Gasteiger partial charge in [0.2, 0.25) is 0 Å². The van der Waals surface area contributed by atoms with Gasteiger partial charge in [-0.1, -0.05) is 12.1 Å². The Morgan fingerprint density at radius 1 is 1.15 bits per heavy atom. The average Bonchev–Trinajstić information content (AvgIpc) is 2.86. The number of hydrogen-bond acceptors (Lipinski definition) is 3. The molecule has 1 aromatic carbocycles. The molecule has 0 N–H and O–H groups in total. The number of hydrogen-bond donors (Lipinski definition) is 0. The standard InChI is InChI=1S/C16H16N2O2/c1-12-10-18-9-3-4-15(16(18)17-12)20-11-13-5-7-14(19-2)8-6-13/h3-10H,11H2,1-2H3. The number of imidazole rings is 1. The minimum atomic E-state index is 0.509. The third-order valence-electron chi connectivity index (χ3n) is 3.12. The predicted octanol–water partition coefficient (Wildman–Crippen LogP) is 3.23. The van der Waals surface area contributed by atoms with Crippen LogP contribution < -0.4 is 9.47 Å². The SMILES string of the molecule is COc1ccc(COc2cccn3cc(C)nc23)cc1. The Morgan fingerprint density at radius 2 is 1.95 bits per heavy atom. The average molecular weight is 268 g/mol. The minimum Gasteiger partial charge on any atom is -0.497 e. The van der Waals surface area contributed by atoms with E-state index >= 15 is 0 Å². The predicted molar refractivity (Wildman–Crippen MR) is 77.3 cm³/mol. The van der Waals surface area contributed by atoms with Gasteiger partial charge in [-0.05, 0) is 36.8 Å². The first-order valence-corrected chi connectivity index (χ1v) is 6.46. The Hall–Kier alpha value is -2.49. The third kappa shape index (κ3) is 2.45. The Bertz CT molecular complexity index is 717. The summed E-state index contributed by atoms with van der Waals surface area (Å²) >= 11 is 0. The molecule has 4 nitrogen and oxygen atoms in total. The van der Waals surface area contributed by atoms with Crippen LogP contribution in [-0.2, 0) is 6.61 Å². The van der Waals surface area contributed by atoms with E-state index in [2.05, 4.69) is 4.98 Å². The number of methoxy groups -OCH3 is 1. The van der Waals surface area contributed by atoms with Crippen LogP contribution in [0, 0.1) is 6.92 Å². The van der Waals surface area contributed by atoms with E-state index in [9.17, 15) is 0 Å². The summed E-state index contributed by atoms with van der Waals surface area (Å²) in [5.41, 5.74) is 2.92. The molecule has 0 unspecified atom stereocenters. The number of aryl methyl sites for hydroxylation is 1. The van der Waals surface area contributed by atoms with Crippen molar-refractivity contribution in [1.29, 1.82) is 0 Å². The van der Waals surface area contributed by atoms with Crippen LogP contribution in [0.2, 0.25) is 0 Å². The first kappa shape index (κ1) is 12.5. The Morgan fingerprint density at radius 3 is 2.70 bits per heavy atom. The second-order valence-corrected chi connectivity index (χ2v) is 4.62. The van der Waals surface area contributed by atoms with E-state index < -0.39 is 0 Å². The van der Waals surface area contributed by atoms with Crippen LogP contribution in [0.15, 0.2) is 48.8 Å². The number of nitrogens with zero attached hydrogens (tertiary/aromatic N) is 2. The Labute approximate surface area is 117 Å². The van der Waals surface area contributed by atoms with Crippen LogP contribution in [-0.4, -0.2) is 16.5 Å². The first-order valence-electron chi connectivity index (χ1n) is 6.46. The van der Waals surface area contributed by atoms with Gasteiger partial charge in [-0.2, -0.15) is 0 Å². The number of ether oxygens (including phenoxy) is 2. The minimum absolute atomic E-state index is 0.509. The molecule has 0 saturated heterocycles. The van der Waals surface area contributed by atoms with Gasteiger partial charge in [0, 0.05) is 12.4 Å². The molecule has 0 spiro atoms. The monoisotopic (exact) mass is 268 g/mol. The van der Waals surface area contributed by atoms with E-state index in [1.165, 1.54) is 0 Å². The lowest BCUT2D eigenvalue weighted by atomic mass is 10.2. The summed E-state index contributed by atoms with van der Waals surface area (Å²) in [6, 6.07) is 11.7. The smallest absolute Gasteiger partial charge is 0.179 e. The van der Waals surface area contributed by atoms with E-state index in [1.54, 1.807) is 7.11 Å². The van der Waals surface area contributed by atoms with Gasteiger partial charge in [0.05, 0.1) is 12.8 Å². The summed E-state index contributed by atoms with van der Waals surface area (Å²) < 4.78 is 13.0. The van der Waals surface area contributed by atoms with Crippen molar-refractivity contribution in [1.82, 2.24) is 9.38 Å². The normalized spacial score (nSPS) is 10.7. The van der Waals surface area contributed by atoms with E-state index in [0.29, 0.717) is 6.61 Å². The molecule has 3 aromatic rings. The molecule has 4 heteroatoms. The van der Waals surface area contributed by atoms with Gasteiger partial charge in [0.25, 0.3) is 0 Å². The summed E-state index contributed by atoms with van der Waals surface area (Å²) in [7, 11) is 1.66. The molecule has 0 aliphatic rings. The number of fused-ring (bicyclic) bond motifs is 1. The van der Waals surface area contributed by atoms with Crippen LogP contribution in [0.5, 0.6) is 11.5 Å². The van der Waals surface area contributed by atoms with Gasteiger partial charge in [-0.15, -0.1) is 0 Å². The van der Waals surface area contributed by atoms with E-state index in [0.717, 1.165) is 28.4 Å². The van der Waals surface area contributed by atoms with Crippen LogP contribution >= 0.6 is 0 Å². The molecule has 0 fully saturated rings. The van der Waals surface area contributed by atoms with Crippen molar-refractivity contribution in [3.05, 3.63) is 60.0 Å². The number of rotatable bonds is 4. The summed E-state index contributed by atoms with van der Waals surface area (Å²) in [4.78, 5) is 4.47. The zero-order valence-electron chi connectivity index (χ0n) is 11.5. The summed E-state index contributed by atoms with van der Waals surface area (Å²) in [6.45, 7) is 2.48. The second kappa shape index (κ2) is 5.25. The van der Waals surface area contributed by atoms with Crippen molar-refractivity contribution in [2.45, 2.75) is 13.5 Å². The highest BCUT2D eigenvalue weighted by molar-refractivity contribution is 5.54. The molecule has 0 atom stereocenters.